The fourth-order valence-corrected chi connectivity index (χ4v) is 5.81. The Kier molecular flexibility index (Phi) is 53.1. The molecule has 4 amide bonds. The van der Waals surface area contributed by atoms with Gasteiger partial charge in [-0.3, -0.25) is 48.5 Å². The molecule has 0 aliphatic rings. The van der Waals surface area contributed by atoms with Crippen LogP contribution in [0.25, 0.3) is 0 Å². The molecule has 0 unspecified atom stereocenters. The van der Waals surface area contributed by atoms with Crippen LogP contribution >= 0.6 is 0 Å². The molecule has 0 fully saturated rings. The molecule has 542 valence electrons. The summed E-state index contributed by atoms with van der Waals surface area (Å²) in [6.45, 7) is 5.03. The Hall–Kier alpha value is -8.66. The van der Waals surface area contributed by atoms with E-state index < -0.39 is 29.0 Å². The molecule has 46 heteroatoms. The van der Waals surface area contributed by atoms with E-state index in [0.717, 1.165) is 71.7 Å². The maximum atomic E-state index is 9.75. The zero-order valence-electron chi connectivity index (χ0n) is 53.7. The summed E-state index contributed by atoms with van der Waals surface area (Å²) in [4.78, 5) is 60.8. The van der Waals surface area contributed by atoms with Gasteiger partial charge in [0.1, 0.15) is 0 Å². The molecule has 98 heavy (non-hydrogen) atoms. The topological polar surface area (TPSA) is 252 Å². The van der Waals surface area contributed by atoms with Crippen molar-refractivity contribution in [2.45, 2.75) is 52.4 Å². The van der Waals surface area contributed by atoms with Crippen molar-refractivity contribution in [1.82, 2.24) is 99.9 Å². The van der Waals surface area contributed by atoms with Gasteiger partial charge in [-0.05, 0) is 72.8 Å². The number of halogens is 16. The van der Waals surface area contributed by atoms with Crippen LogP contribution in [0.2, 0.25) is 0 Å². The molecule has 0 aliphatic carbocycles. The molecular weight excluding hydrogens is 1430 g/mol. The number of rotatable bonds is 22. The summed E-state index contributed by atoms with van der Waals surface area (Å²) < 4.78 is 164. The first kappa shape index (κ1) is 95.7. The number of carbonyl (C=O) groups is 4. The maximum absolute atomic E-state index is 9.75. The van der Waals surface area contributed by atoms with Crippen molar-refractivity contribution in [1.29, 1.82) is 0 Å². The van der Waals surface area contributed by atoms with Crippen molar-refractivity contribution in [2.75, 3.05) is 56.4 Å². The number of hydrogen-bond acceptors (Lipinski definition) is 16. The summed E-state index contributed by atoms with van der Waals surface area (Å²) in [6, 6.07) is 31.5. The number of nitrogens with one attached hydrogen (secondary N) is 4. The van der Waals surface area contributed by atoms with Gasteiger partial charge < -0.3 is 110 Å². The minimum absolute atomic E-state index is 0. The van der Waals surface area contributed by atoms with Crippen LogP contribution in [0.1, 0.15) is 46.1 Å². The average Bonchev–Trinajstić information content (AvgIpc) is 1.68. The fourth-order valence-electron chi connectivity index (χ4n) is 5.81. The van der Waals surface area contributed by atoms with Crippen LogP contribution in [0.3, 0.4) is 0 Å². The third-order valence-corrected chi connectivity index (χ3v) is 9.28. The van der Waals surface area contributed by atoms with Gasteiger partial charge in [0.05, 0.1) is 49.0 Å². The summed E-state index contributed by atoms with van der Waals surface area (Å²) in [6.07, 6.45) is 18.1. The smallest absolute Gasteiger partial charge is 0.418 e. The average molecular weight is 1500 g/mol. The number of aromatic nitrogens is 12. The molecule has 4 N–H and O–H groups in total. The molecule has 0 aliphatic heterocycles. The monoisotopic (exact) mass is 1500 g/mol. The molecular formula is C52H72B4F16Fe2N20O4+2. The van der Waals surface area contributed by atoms with E-state index in [1.165, 1.54) is 19.6 Å². The van der Waals surface area contributed by atoms with Crippen LogP contribution in [-0.2, 0) is 106 Å². The van der Waals surface area contributed by atoms with Gasteiger partial charge in [0.25, 0.3) is 0 Å². The summed E-state index contributed by atoms with van der Waals surface area (Å²) in [5.41, 5.74) is 3.97. The zero-order chi connectivity index (χ0) is 73.2. The van der Waals surface area contributed by atoms with Crippen molar-refractivity contribution in [3.63, 3.8) is 0 Å². The van der Waals surface area contributed by atoms with Crippen molar-refractivity contribution in [3.8, 4) is 0 Å². The van der Waals surface area contributed by atoms with E-state index >= 15 is 0 Å². The Morgan fingerprint density at radius 2 is 0.480 bits per heavy atom. The number of pyridine rings is 4. The van der Waals surface area contributed by atoms with E-state index in [1.54, 1.807) is 81.2 Å². The fraction of sp³-hybridized carbons (Fsp3) is 0.308. The molecule has 0 atom stereocenters. The number of amides is 4. The first-order chi connectivity index (χ1) is 44.9. The molecule has 24 nitrogen and oxygen atoms in total. The van der Waals surface area contributed by atoms with Gasteiger partial charge >= 0.3 is 63.2 Å². The van der Waals surface area contributed by atoms with Crippen LogP contribution in [0.4, 0.5) is 69.1 Å². The molecule has 0 spiro atoms. The number of hydrogen-bond donors (Lipinski definition) is 4. The second-order valence-electron chi connectivity index (χ2n) is 18.8. The van der Waals surface area contributed by atoms with Crippen molar-refractivity contribution >= 4 is 54.7 Å². The molecule has 8 aromatic heterocycles. The van der Waals surface area contributed by atoms with Crippen molar-refractivity contribution in [3.05, 3.63) is 193 Å². The SMILES string of the molecule is CN(C)C=O.CN(C)C=O.CN(C)C=O.CN(C)C=O.F[B-](F)(F)F.F[B-](F)(F)F.F[B-](F)(F)F.F[B-](F)(F)F.[Fe+3].[Fe+3].c1ccc(CNCc2nnc(CNCc3ccccn3)n2-n2cccc2)nc1.c1ccc(CNCc2nnc(CNCc3ccccn3)n2-n2cccc2)nc1. The Morgan fingerprint density at radius 1 is 0.316 bits per heavy atom. The van der Waals surface area contributed by atoms with Crippen LogP contribution in [0, 0.1) is 0 Å². The van der Waals surface area contributed by atoms with Crippen LogP contribution in [-0.4, -0.2) is 190 Å². The van der Waals surface area contributed by atoms with E-state index in [-0.39, 0.29) is 34.1 Å². The van der Waals surface area contributed by atoms with Gasteiger partial charge in [-0.1, -0.05) is 24.3 Å². The van der Waals surface area contributed by atoms with Gasteiger partial charge in [-0.2, -0.15) is 0 Å². The van der Waals surface area contributed by atoms with Crippen molar-refractivity contribution in [2.24, 2.45) is 0 Å². The predicted molar refractivity (Wildman–Crippen MR) is 329 cm³/mol. The molecule has 2 radical (unpaired) electrons. The van der Waals surface area contributed by atoms with E-state index in [2.05, 4.69) is 61.6 Å². The van der Waals surface area contributed by atoms with Gasteiger partial charge in [-0.25, -0.2) is 9.35 Å². The second-order valence-corrected chi connectivity index (χ2v) is 18.8. The third kappa shape index (κ3) is 61.0. The molecule has 0 bridgehead atoms. The van der Waals surface area contributed by atoms with Crippen molar-refractivity contribution < 1.29 is 122 Å². The molecule has 0 saturated carbocycles. The normalized spacial score (nSPS) is 10.1. The van der Waals surface area contributed by atoms with Gasteiger partial charge in [0.15, 0.2) is 23.3 Å². The minimum atomic E-state index is -6.00. The van der Waals surface area contributed by atoms with Gasteiger partial charge in [0.2, 0.25) is 25.6 Å². The zero-order valence-corrected chi connectivity index (χ0v) is 55.9. The van der Waals surface area contributed by atoms with E-state index in [0.29, 0.717) is 52.4 Å². The maximum Gasteiger partial charge on any atom is 3.00 e. The quantitative estimate of drug-likeness (QED) is 0.0291. The standard InChI is InChI=1S/2C20H22N8.4C3H7NO.4BF4.2Fe/c2*1-3-9-23-17(7-1)13-21-15-19-25-26-20(28(19)27-11-5-6-12-27)16-22-14-18-8-2-4-10-24-18;4*1-4(2)3-5;4*2-1(3,4)5;;/h2*1-12,21-22H,13-16H2;4*3H,1-2H3;;;;;;/q;;;;;;4*-1;2*+3. The molecule has 0 aromatic carbocycles. The van der Waals surface area contributed by atoms with Crippen LogP contribution in [0.5, 0.6) is 0 Å². The molecule has 8 heterocycles. The van der Waals surface area contributed by atoms with E-state index in [4.69, 9.17) is 0 Å². The van der Waals surface area contributed by atoms with E-state index in [9.17, 15) is 88.2 Å². The predicted octanol–water partition coefficient (Wildman–Crippen LogP) is 7.53. The minimum Gasteiger partial charge on any atom is -0.418 e. The van der Waals surface area contributed by atoms with Gasteiger partial charge in [0, 0.05) is 132 Å². The summed E-state index contributed by atoms with van der Waals surface area (Å²) in [7, 11) is -10.5. The first-order valence-corrected chi connectivity index (χ1v) is 27.4. The number of nitrogens with zero attached hydrogens (tertiary/aromatic N) is 16. The van der Waals surface area contributed by atoms with Crippen LogP contribution < -0.4 is 21.3 Å². The van der Waals surface area contributed by atoms with Gasteiger partial charge in [-0.15, -0.1) is 20.4 Å². The summed E-state index contributed by atoms with van der Waals surface area (Å²) >= 11 is 0. The summed E-state index contributed by atoms with van der Waals surface area (Å²) in [5.74, 6) is 3.34. The largest absolute Gasteiger partial charge is 3.00 e. The molecule has 8 rings (SSSR count). The Balaban J connectivity index is -0.000000578. The molecule has 8 aromatic rings. The Morgan fingerprint density at radius 3 is 0.612 bits per heavy atom. The third-order valence-electron chi connectivity index (χ3n) is 9.28. The Bertz CT molecular complexity index is 2790. The second kappa shape index (κ2) is 54.4. The van der Waals surface area contributed by atoms with Crippen LogP contribution in [0.15, 0.2) is 147 Å². The first-order valence-electron chi connectivity index (χ1n) is 27.4. The Labute approximate surface area is 576 Å². The number of carbonyl (C=O) groups excluding carboxylic acids is 4. The molecule has 0 saturated heterocycles. The van der Waals surface area contributed by atoms with E-state index in [1.807, 2.05) is 141 Å². The summed E-state index contributed by atoms with van der Waals surface area (Å²) in [5, 5.41) is 31.1.